The number of para-hydroxylation sites is 1. The smallest absolute Gasteiger partial charge is 0.405 e. The Labute approximate surface area is 216 Å². The zero-order chi connectivity index (χ0) is 26.3. The lowest BCUT2D eigenvalue weighted by molar-refractivity contribution is -0.127. The number of carboxylic acid groups (broad SMARTS) is 1. The molecule has 2 unspecified atom stereocenters. The fourth-order valence-corrected chi connectivity index (χ4v) is 4.63. The Morgan fingerprint density at radius 1 is 1.11 bits per heavy atom. The maximum Gasteiger partial charge on any atom is 0.405 e. The molecular formula is C25H27N7O4S. The predicted molar refractivity (Wildman–Crippen MR) is 139 cm³/mol. The van der Waals surface area contributed by atoms with Crippen LogP contribution in [0.15, 0.2) is 72.3 Å². The van der Waals surface area contributed by atoms with Crippen LogP contribution in [0, 0.1) is 0 Å². The lowest BCUT2D eigenvalue weighted by Gasteiger charge is -2.29. The van der Waals surface area contributed by atoms with Crippen molar-refractivity contribution < 1.29 is 19.5 Å². The molecular weight excluding hydrogens is 494 g/mol. The molecule has 12 heteroatoms. The monoisotopic (exact) mass is 521 g/mol. The normalized spacial score (nSPS) is 13.4. The first kappa shape index (κ1) is 25.8. The lowest BCUT2D eigenvalue weighted by Crippen LogP contribution is -2.58. The summed E-state index contributed by atoms with van der Waals surface area (Å²) in [7, 11) is 0. The third-order valence-corrected chi connectivity index (χ3v) is 6.72. The Balaban J connectivity index is 1.47. The molecule has 0 saturated heterocycles. The Morgan fingerprint density at radius 2 is 1.86 bits per heavy atom. The van der Waals surface area contributed by atoms with Crippen LogP contribution in [-0.4, -0.2) is 61.0 Å². The minimum atomic E-state index is -1.45. The van der Waals surface area contributed by atoms with E-state index >= 15 is 0 Å². The number of amides is 3. The van der Waals surface area contributed by atoms with Crippen LogP contribution >= 0.6 is 11.8 Å². The van der Waals surface area contributed by atoms with E-state index in [1.165, 1.54) is 18.1 Å². The average molecular weight is 522 g/mol. The van der Waals surface area contributed by atoms with Crippen LogP contribution in [0.1, 0.15) is 24.1 Å². The van der Waals surface area contributed by atoms with Crippen molar-refractivity contribution in [2.45, 2.75) is 30.1 Å². The number of aromatic amines is 2. The van der Waals surface area contributed by atoms with Gasteiger partial charge in [0, 0.05) is 30.1 Å². The molecule has 2 aromatic carbocycles. The molecule has 0 radical (unpaired) electrons. The molecule has 0 aliphatic heterocycles. The molecule has 0 spiro atoms. The van der Waals surface area contributed by atoms with Gasteiger partial charge >= 0.3 is 6.09 Å². The molecule has 11 nitrogen and oxygen atoms in total. The number of carbonyl (C=O) groups is 3. The van der Waals surface area contributed by atoms with Crippen molar-refractivity contribution in [3.05, 3.63) is 78.2 Å². The van der Waals surface area contributed by atoms with Gasteiger partial charge in [-0.15, -0.1) is 0 Å². The summed E-state index contributed by atoms with van der Waals surface area (Å²) in [6, 6.07) is 16.3. The van der Waals surface area contributed by atoms with E-state index < -0.39 is 23.6 Å². The van der Waals surface area contributed by atoms with Crippen LogP contribution in [0.25, 0.3) is 10.9 Å². The van der Waals surface area contributed by atoms with Crippen molar-refractivity contribution in [3.63, 3.8) is 0 Å². The van der Waals surface area contributed by atoms with E-state index in [1.54, 1.807) is 13.1 Å². The van der Waals surface area contributed by atoms with Gasteiger partial charge in [-0.05, 0) is 24.1 Å². The molecule has 2 heterocycles. The molecule has 2 aromatic heterocycles. The van der Waals surface area contributed by atoms with Gasteiger partial charge in [-0.1, -0.05) is 60.3 Å². The average Bonchev–Trinajstić information content (AvgIpc) is 3.55. The molecule has 192 valence electrons. The number of carbonyl (C=O) groups excluding carboxylic acids is 2. The summed E-state index contributed by atoms with van der Waals surface area (Å²) in [5, 5.41) is 25.5. The molecule has 0 aliphatic carbocycles. The van der Waals surface area contributed by atoms with Crippen LogP contribution in [0.5, 0.6) is 0 Å². The molecule has 3 amide bonds. The first-order valence-corrected chi connectivity index (χ1v) is 12.5. The first-order chi connectivity index (χ1) is 17.8. The van der Waals surface area contributed by atoms with E-state index in [4.69, 9.17) is 0 Å². The molecule has 4 rings (SSSR count). The summed E-state index contributed by atoms with van der Waals surface area (Å²) < 4.78 is 0. The highest BCUT2D eigenvalue weighted by atomic mass is 32.2. The maximum absolute atomic E-state index is 13.4. The summed E-state index contributed by atoms with van der Waals surface area (Å²) in [4.78, 5) is 44.8. The van der Waals surface area contributed by atoms with E-state index in [-0.39, 0.29) is 24.6 Å². The Kier molecular flexibility index (Phi) is 8.08. The number of nitrogens with one attached hydrogen (secondary N) is 5. The second-order valence-electron chi connectivity index (χ2n) is 8.62. The van der Waals surface area contributed by atoms with Crippen LogP contribution < -0.4 is 16.0 Å². The SMILES string of the molecule is CC(Cc1c[nH]c2ccccc12)(NC(=O)O)C(=O)NCC(NC(=O)CSc1ncn[nH]1)c1ccccc1. The zero-order valence-electron chi connectivity index (χ0n) is 20.0. The predicted octanol–water partition coefficient (Wildman–Crippen LogP) is 2.62. The van der Waals surface area contributed by atoms with Crippen molar-refractivity contribution >= 4 is 40.6 Å². The molecule has 0 saturated carbocycles. The van der Waals surface area contributed by atoms with Crippen LogP contribution in [0.3, 0.4) is 0 Å². The number of benzene rings is 2. The summed E-state index contributed by atoms with van der Waals surface area (Å²) >= 11 is 1.20. The molecule has 37 heavy (non-hydrogen) atoms. The number of hydrogen-bond acceptors (Lipinski definition) is 6. The van der Waals surface area contributed by atoms with Gasteiger partial charge in [0.1, 0.15) is 11.9 Å². The summed E-state index contributed by atoms with van der Waals surface area (Å²) in [5.74, 6) is -0.660. The van der Waals surface area contributed by atoms with Gasteiger partial charge in [-0.25, -0.2) is 9.78 Å². The molecule has 4 aromatic rings. The standard InChI is InChI=1S/C25H27N7O4S/c1-25(31-24(35)36,11-17-12-26-19-10-6-5-9-18(17)19)22(34)27-13-20(16-7-3-2-4-8-16)30-21(33)14-37-23-28-15-29-32-23/h2-10,12,15,20,26,31H,11,13-14H2,1H3,(H,27,34)(H,30,33)(H,35,36)(H,28,29,32). The maximum atomic E-state index is 13.4. The summed E-state index contributed by atoms with van der Waals surface area (Å²) in [6.45, 7) is 1.61. The van der Waals surface area contributed by atoms with Crippen molar-refractivity contribution in [1.82, 2.24) is 36.1 Å². The Hall–Kier alpha value is -4.32. The zero-order valence-corrected chi connectivity index (χ0v) is 20.8. The van der Waals surface area contributed by atoms with Crippen molar-refractivity contribution in [3.8, 4) is 0 Å². The summed E-state index contributed by atoms with van der Waals surface area (Å²) in [6.07, 6.45) is 1.96. The number of H-pyrrole nitrogens is 2. The van der Waals surface area contributed by atoms with Gasteiger partial charge in [0.05, 0.1) is 11.8 Å². The quantitative estimate of drug-likeness (QED) is 0.165. The number of fused-ring (bicyclic) bond motifs is 1. The largest absolute Gasteiger partial charge is 0.465 e. The topological polar surface area (TPSA) is 165 Å². The molecule has 0 aliphatic rings. The highest BCUT2D eigenvalue weighted by molar-refractivity contribution is 7.99. The molecule has 0 fully saturated rings. The second-order valence-corrected chi connectivity index (χ2v) is 9.58. The third kappa shape index (κ3) is 6.67. The van der Waals surface area contributed by atoms with Gasteiger partial charge < -0.3 is 26.0 Å². The third-order valence-electron chi connectivity index (χ3n) is 5.84. The fourth-order valence-electron chi connectivity index (χ4n) is 4.04. The van der Waals surface area contributed by atoms with Crippen LogP contribution in [-0.2, 0) is 16.0 Å². The molecule has 0 bridgehead atoms. The Bertz CT molecular complexity index is 1360. The second kappa shape index (κ2) is 11.6. The van der Waals surface area contributed by atoms with E-state index in [9.17, 15) is 19.5 Å². The van der Waals surface area contributed by atoms with Crippen molar-refractivity contribution in [2.75, 3.05) is 12.3 Å². The Morgan fingerprint density at radius 3 is 2.59 bits per heavy atom. The summed E-state index contributed by atoms with van der Waals surface area (Å²) in [5.41, 5.74) is 1.04. The van der Waals surface area contributed by atoms with Gasteiger partial charge in [0.25, 0.3) is 0 Å². The van der Waals surface area contributed by atoms with Gasteiger partial charge in [0.15, 0.2) is 5.16 Å². The van der Waals surface area contributed by atoms with Gasteiger partial charge in [-0.2, -0.15) is 5.10 Å². The highest BCUT2D eigenvalue weighted by Crippen LogP contribution is 2.23. The van der Waals surface area contributed by atoms with Crippen LogP contribution in [0.4, 0.5) is 4.79 Å². The highest BCUT2D eigenvalue weighted by Gasteiger charge is 2.36. The minimum absolute atomic E-state index is 0.0618. The van der Waals surface area contributed by atoms with Crippen molar-refractivity contribution in [2.24, 2.45) is 0 Å². The molecule has 6 N–H and O–H groups in total. The van der Waals surface area contributed by atoms with Crippen LogP contribution in [0.2, 0.25) is 0 Å². The van der Waals surface area contributed by atoms with Crippen molar-refractivity contribution in [1.29, 1.82) is 0 Å². The van der Waals surface area contributed by atoms with E-state index in [1.807, 2.05) is 54.6 Å². The van der Waals surface area contributed by atoms with Gasteiger partial charge in [0.2, 0.25) is 11.8 Å². The number of thioether (sulfide) groups is 1. The fraction of sp³-hybridized carbons (Fsp3) is 0.240. The number of hydrogen-bond donors (Lipinski definition) is 6. The first-order valence-electron chi connectivity index (χ1n) is 11.5. The van der Waals surface area contributed by atoms with E-state index in [2.05, 4.69) is 36.1 Å². The lowest BCUT2D eigenvalue weighted by atomic mass is 9.91. The van der Waals surface area contributed by atoms with E-state index in [0.29, 0.717) is 5.16 Å². The van der Waals surface area contributed by atoms with E-state index in [0.717, 1.165) is 22.0 Å². The minimum Gasteiger partial charge on any atom is -0.465 e. The van der Waals surface area contributed by atoms with Gasteiger partial charge in [-0.3, -0.25) is 14.7 Å². The molecule has 2 atom stereocenters. The number of nitrogens with zero attached hydrogens (tertiary/aromatic N) is 2. The number of aromatic nitrogens is 4. The number of rotatable bonds is 11.